The molecule has 82 valence electrons. The van der Waals surface area contributed by atoms with E-state index in [0.717, 1.165) is 6.42 Å². The van der Waals surface area contributed by atoms with Gasteiger partial charge in [-0.15, -0.1) is 0 Å². The molecule has 0 saturated carbocycles. The molecule has 1 aromatic rings. The highest BCUT2D eigenvalue weighted by Gasteiger charge is 2.06. The van der Waals surface area contributed by atoms with Crippen molar-refractivity contribution >= 4 is 5.97 Å². The van der Waals surface area contributed by atoms with E-state index in [1.807, 2.05) is 6.92 Å². The Morgan fingerprint density at radius 1 is 1.53 bits per heavy atom. The van der Waals surface area contributed by atoms with Gasteiger partial charge in [-0.3, -0.25) is 4.79 Å². The van der Waals surface area contributed by atoms with E-state index < -0.39 is 5.97 Å². The van der Waals surface area contributed by atoms with E-state index in [-0.39, 0.29) is 12.2 Å². The maximum Gasteiger partial charge on any atom is 0.311 e. The van der Waals surface area contributed by atoms with Gasteiger partial charge in [-0.1, -0.05) is 6.92 Å². The smallest absolute Gasteiger partial charge is 0.311 e. The molecule has 1 rings (SSSR count). The predicted octanol–water partition coefficient (Wildman–Crippen LogP) is 1.20. The first-order chi connectivity index (χ1) is 7.11. The molecule has 0 radical (unpaired) electrons. The third kappa shape index (κ3) is 3.93. The summed E-state index contributed by atoms with van der Waals surface area (Å²) < 4.78 is 5.31. The van der Waals surface area contributed by atoms with Gasteiger partial charge in [0, 0.05) is 11.8 Å². The van der Waals surface area contributed by atoms with Gasteiger partial charge in [0.25, 0.3) is 0 Å². The highest BCUT2D eigenvalue weighted by molar-refractivity contribution is 5.69. The second-order valence-electron chi connectivity index (χ2n) is 3.18. The Balaban J connectivity index is 2.79. The number of carboxylic acid groups (broad SMARTS) is 1. The molecule has 0 spiro atoms. The number of hydrogen-bond donors (Lipinski definition) is 1. The Kier molecular flexibility index (Phi) is 4.03. The van der Waals surface area contributed by atoms with Crippen molar-refractivity contribution in [2.75, 3.05) is 6.61 Å². The summed E-state index contributed by atoms with van der Waals surface area (Å²) in [5, 5.41) is 8.60. The lowest BCUT2D eigenvalue weighted by molar-refractivity contribution is -0.136. The second-order valence-corrected chi connectivity index (χ2v) is 3.18. The van der Waals surface area contributed by atoms with Crippen LogP contribution in [0.2, 0.25) is 0 Å². The standard InChI is InChI=1S/C10H14N2O3/c1-3-4-15-9-5-7(2)11-8(12-9)6-10(13)14/h5H,3-4,6H2,1-2H3,(H,13,14). The second kappa shape index (κ2) is 5.29. The minimum absolute atomic E-state index is 0.176. The molecule has 5 nitrogen and oxygen atoms in total. The van der Waals surface area contributed by atoms with Crippen LogP contribution in [0.15, 0.2) is 6.07 Å². The molecule has 0 aromatic carbocycles. The summed E-state index contributed by atoms with van der Waals surface area (Å²) in [6, 6.07) is 1.70. The number of hydrogen-bond acceptors (Lipinski definition) is 4. The molecule has 0 amide bonds. The van der Waals surface area contributed by atoms with Gasteiger partial charge in [0.1, 0.15) is 12.2 Å². The summed E-state index contributed by atoms with van der Waals surface area (Å²) in [7, 11) is 0. The van der Waals surface area contributed by atoms with Gasteiger partial charge in [0.2, 0.25) is 5.88 Å². The number of nitrogens with zero attached hydrogens (tertiary/aromatic N) is 2. The van der Waals surface area contributed by atoms with Crippen molar-refractivity contribution in [2.24, 2.45) is 0 Å². The van der Waals surface area contributed by atoms with Gasteiger partial charge in [-0.05, 0) is 13.3 Å². The van der Waals surface area contributed by atoms with Crippen LogP contribution in [-0.4, -0.2) is 27.7 Å². The van der Waals surface area contributed by atoms with E-state index in [1.165, 1.54) is 0 Å². The van der Waals surface area contributed by atoms with E-state index in [2.05, 4.69) is 9.97 Å². The van der Waals surface area contributed by atoms with Crippen molar-refractivity contribution in [3.05, 3.63) is 17.6 Å². The molecule has 0 unspecified atom stereocenters. The van der Waals surface area contributed by atoms with Crippen molar-refractivity contribution < 1.29 is 14.6 Å². The van der Waals surface area contributed by atoms with Crippen molar-refractivity contribution in [1.29, 1.82) is 0 Å². The quantitative estimate of drug-likeness (QED) is 0.790. The van der Waals surface area contributed by atoms with Gasteiger partial charge in [-0.25, -0.2) is 4.98 Å². The average molecular weight is 210 g/mol. The van der Waals surface area contributed by atoms with Gasteiger partial charge < -0.3 is 9.84 Å². The van der Waals surface area contributed by atoms with Gasteiger partial charge in [0.15, 0.2) is 0 Å². The summed E-state index contributed by atoms with van der Waals surface area (Å²) in [4.78, 5) is 18.5. The fraction of sp³-hybridized carbons (Fsp3) is 0.500. The zero-order valence-electron chi connectivity index (χ0n) is 8.86. The Morgan fingerprint density at radius 3 is 2.87 bits per heavy atom. The lowest BCUT2D eigenvalue weighted by Crippen LogP contribution is -2.08. The molecule has 5 heteroatoms. The molecule has 0 fully saturated rings. The fourth-order valence-corrected chi connectivity index (χ4v) is 1.09. The van der Waals surface area contributed by atoms with Crippen LogP contribution in [0.5, 0.6) is 5.88 Å². The highest BCUT2D eigenvalue weighted by atomic mass is 16.5. The van der Waals surface area contributed by atoms with Crippen LogP contribution in [0, 0.1) is 6.92 Å². The van der Waals surface area contributed by atoms with Gasteiger partial charge in [0.05, 0.1) is 6.61 Å². The SMILES string of the molecule is CCCOc1cc(C)nc(CC(=O)O)n1. The normalized spacial score (nSPS) is 10.0. The van der Waals surface area contributed by atoms with E-state index in [1.54, 1.807) is 13.0 Å². The van der Waals surface area contributed by atoms with Crippen LogP contribution < -0.4 is 4.74 Å². The molecule has 0 aliphatic heterocycles. The van der Waals surface area contributed by atoms with Crippen LogP contribution in [0.1, 0.15) is 24.9 Å². The van der Waals surface area contributed by atoms with Crippen LogP contribution in [0.3, 0.4) is 0 Å². The Bertz CT molecular complexity index is 353. The monoisotopic (exact) mass is 210 g/mol. The average Bonchev–Trinajstić information content (AvgIpc) is 2.12. The van der Waals surface area contributed by atoms with E-state index in [9.17, 15) is 4.79 Å². The molecule has 1 aromatic heterocycles. The minimum Gasteiger partial charge on any atom is -0.481 e. The molecule has 0 aliphatic rings. The third-order valence-corrected chi connectivity index (χ3v) is 1.64. The molecule has 0 aliphatic carbocycles. The summed E-state index contributed by atoms with van der Waals surface area (Å²) in [6.45, 7) is 4.35. The number of aryl methyl sites for hydroxylation is 1. The molecule has 1 heterocycles. The zero-order valence-corrected chi connectivity index (χ0v) is 8.86. The summed E-state index contributed by atoms with van der Waals surface area (Å²) >= 11 is 0. The number of aliphatic carboxylic acids is 1. The van der Waals surface area contributed by atoms with Crippen LogP contribution in [0.25, 0.3) is 0 Å². The first kappa shape index (κ1) is 11.4. The van der Waals surface area contributed by atoms with Crippen molar-refractivity contribution in [3.63, 3.8) is 0 Å². The fourth-order valence-electron chi connectivity index (χ4n) is 1.09. The number of carbonyl (C=O) groups is 1. The number of aromatic nitrogens is 2. The van der Waals surface area contributed by atoms with E-state index >= 15 is 0 Å². The Morgan fingerprint density at radius 2 is 2.27 bits per heavy atom. The largest absolute Gasteiger partial charge is 0.481 e. The molecular weight excluding hydrogens is 196 g/mol. The first-order valence-corrected chi connectivity index (χ1v) is 4.81. The predicted molar refractivity (Wildman–Crippen MR) is 53.9 cm³/mol. The molecule has 0 bridgehead atoms. The first-order valence-electron chi connectivity index (χ1n) is 4.81. The maximum absolute atomic E-state index is 10.5. The topological polar surface area (TPSA) is 72.3 Å². The molecule has 0 saturated heterocycles. The molecule has 1 N–H and O–H groups in total. The number of carboxylic acids is 1. The van der Waals surface area contributed by atoms with E-state index in [4.69, 9.17) is 9.84 Å². The lowest BCUT2D eigenvalue weighted by Gasteiger charge is -2.05. The van der Waals surface area contributed by atoms with Crippen LogP contribution in [-0.2, 0) is 11.2 Å². The summed E-state index contributed by atoms with van der Waals surface area (Å²) in [5.74, 6) is -0.212. The zero-order chi connectivity index (χ0) is 11.3. The van der Waals surface area contributed by atoms with Crippen LogP contribution in [0.4, 0.5) is 0 Å². The maximum atomic E-state index is 10.5. The number of rotatable bonds is 5. The van der Waals surface area contributed by atoms with Crippen LogP contribution >= 0.6 is 0 Å². The summed E-state index contributed by atoms with van der Waals surface area (Å²) in [6.07, 6.45) is 0.710. The lowest BCUT2D eigenvalue weighted by atomic mass is 10.3. The van der Waals surface area contributed by atoms with Crippen molar-refractivity contribution in [2.45, 2.75) is 26.7 Å². The Labute approximate surface area is 88.1 Å². The van der Waals surface area contributed by atoms with Crippen molar-refractivity contribution in [1.82, 2.24) is 9.97 Å². The van der Waals surface area contributed by atoms with E-state index in [0.29, 0.717) is 18.2 Å². The summed E-state index contributed by atoms with van der Waals surface area (Å²) in [5.41, 5.74) is 0.715. The third-order valence-electron chi connectivity index (χ3n) is 1.64. The molecule has 0 atom stereocenters. The molecular formula is C10H14N2O3. The van der Waals surface area contributed by atoms with Gasteiger partial charge >= 0.3 is 5.97 Å². The van der Waals surface area contributed by atoms with Gasteiger partial charge in [-0.2, -0.15) is 4.98 Å². The molecule has 15 heavy (non-hydrogen) atoms. The Hall–Kier alpha value is -1.65. The van der Waals surface area contributed by atoms with Crippen molar-refractivity contribution in [3.8, 4) is 5.88 Å². The number of ether oxygens (including phenoxy) is 1. The highest BCUT2D eigenvalue weighted by Crippen LogP contribution is 2.09. The minimum atomic E-state index is -0.943.